The Morgan fingerprint density at radius 3 is 2.46 bits per heavy atom. The lowest BCUT2D eigenvalue weighted by molar-refractivity contribution is -0.228. The Balaban J connectivity index is 1.76. The monoisotopic (exact) mass is 391 g/mol. The summed E-state index contributed by atoms with van der Waals surface area (Å²) in [4.78, 5) is 0. The highest BCUT2D eigenvalue weighted by Crippen LogP contribution is 2.48. The van der Waals surface area contributed by atoms with Crippen molar-refractivity contribution in [2.75, 3.05) is 6.54 Å². The Morgan fingerprint density at radius 1 is 1.07 bits per heavy atom. The zero-order chi connectivity index (χ0) is 20.2. The summed E-state index contributed by atoms with van der Waals surface area (Å²) in [5, 5.41) is 3.59. The van der Waals surface area contributed by atoms with Crippen molar-refractivity contribution in [1.82, 2.24) is 5.32 Å². The molecular weight excluding hydrogens is 366 g/mol. The van der Waals surface area contributed by atoms with Crippen molar-refractivity contribution in [2.24, 2.45) is 0 Å². The highest BCUT2D eigenvalue weighted by atomic mass is 19.4. The lowest BCUT2D eigenvalue weighted by atomic mass is 9.63. The molecule has 2 aromatic carbocycles. The lowest BCUT2D eigenvalue weighted by Crippen LogP contribution is -2.46. The molecule has 150 valence electrons. The van der Waals surface area contributed by atoms with Crippen molar-refractivity contribution in [3.63, 3.8) is 0 Å². The average molecular weight is 391 g/mol. The van der Waals surface area contributed by atoms with E-state index in [2.05, 4.69) is 29.6 Å². The number of alkyl halides is 4. The van der Waals surface area contributed by atoms with E-state index in [1.54, 1.807) is 6.07 Å². The maximum Gasteiger partial charge on any atom is 0.426 e. The lowest BCUT2D eigenvalue weighted by Gasteiger charge is -2.42. The van der Waals surface area contributed by atoms with Gasteiger partial charge in [-0.25, -0.2) is 4.39 Å². The van der Waals surface area contributed by atoms with Gasteiger partial charge in [0.2, 0.25) is 5.67 Å². The number of fused-ring (bicyclic) bond motifs is 3. The van der Waals surface area contributed by atoms with Crippen LogP contribution in [0, 0.1) is 6.92 Å². The van der Waals surface area contributed by atoms with E-state index in [0.29, 0.717) is 19.4 Å². The van der Waals surface area contributed by atoms with Crippen LogP contribution < -0.4 is 5.32 Å². The van der Waals surface area contributed by atoms with Crippen LogP contribution in [0.5, 0.6) is 0 Å². The molecule has 0 radical (unpaired) electrons. The summed E-state index contributed by atoms with van der Waals surface area (Å²) in [6.07, 6.45) is -1.62. The van der Waals surface area contributed by atoms with Crippen molar-refractivity contribution < 1.29 is 17.6 Å². The molecular formula is C23H25F4N. The molecule has 0 amide bonds. The number of nitrogens with one attached hydrogen (secondary N) is 1. The minimum absolute atomic E-state index is 0.147. The van der Waals surface area contributed by atoms with Gasteiger partial charge in [0, 0.05) is 11.5 Å². The molecule has 0 saturated carbocycles. The van der Waals surface area contributed by atoms with Gasteiger partial charge in [-0.1, -0.05) is 48.0 Å². The quantitative estimate of drug-likeness (QED) is 0.679. The molecule has 1 nitrogen and oxygen atoms in total. The highest BCUT2D eigenvalue weighted by Gasteiger charge is 2.54. The van der Waals surface area contributed by atoms with Gasteiger partial charge >= 0.3 is 6.18 Å². The van der Waals surface area contributed by atoms with Crippen LogP contribution in [0.1, 0.15) is 47.6 Å². The van der Waals surface area contributed by atoms with Gasteiger partial charge in [-0.2, -0.15) is 13.2 Å². The molecule has 0 aromatic heterocycles. The minimum atomic E-state index is -4.92. The fourth-order valence-corrected chi connectivity index (χ4v) is 4.96. The fraction of sp³-hybridized carbons (Fsp3) is 0.478. The first-order valence-corrected chi connectivity index (χ1v) is 9.82. The standard InChI is InChI=1S/C23H25F4N/c1-15-3-5-16(6-4-15)14-22-11-12-28-20(22)10-7-17-13-18(8-9-19(17)22)21(2,24)23(25,26)27/h3-6,8-9,13,20,28H,7,10-12,14H2,1-2H3. The molecule has 1 saturated heterocycles. The predicted octanol–water partition coefficient (Wildman–Crippen LogP) is 5.53. The Labute approximate surface area is 163 Å². The van der Waals surface area contributed by atoms with Gasteiger partial charge < -0.3 is 5.32 Å². The highest BCUT2D eigenvalue weighted by molar-refractivity contribution is 5.45. The summed E-state index contributed by atoms with van der Waals surface area (Å²) in [5.74, 6) is 0. The van der Waals surface area contributed by atoms with Crippen LogP contribution in [0.25, 0.3) is 0 Å². The fourth-order valence-electron chi connectivity index (χ4n) is 4.96. The molecule has 2 aliphatic rings. The van der Waals surface area contributed by atoms with E-state index in [1.807, 2.05) is 6.92 Å². The maximum atomic E-state index is 14.5. The van der Waals surface area contributed by atoms with Gasteiger partial charge in [0.15, 0.2) is 0 Å². The van der Waals surface area contributed by atoms with Crippen LogP contribution >= 0.6 is 0 Å². The topological polar surface area (TPSA) is 12.0 Å². The average Bonchev–Trinajstić information content (AvgIpc) is 3.06. The molecule has 0 bridgehead atoms. The number of hydrogen-bond acceptors (Lipinski definition) is 1. The predicted molar refractivity (Wildman–Crippen MR) is 102 cm³/mol. The molecule has 1 aliphatic heterocycles. The van der Waals surface area contributed by atoms with Gasteiger partial charge in [-0.3, -0.25) is 0 Å². The molecule has 4 rings (SSSR count). The third-order valence-corrected chi connectivity index (χ3v) is 6.69. The number of benzene rings is 2. The maximum absolute atomic E-state index is 14.5. The zero-order valence-electron chi connectivity index (χ0n) is 16.2. The van der Waals surface area contributed by atoms with Crippen molar-refractivity contribution in [3.8, 4) is 0 Å². The first-order valence-electron chi connectivity index (χ1n) is 9.82. The minimum Gasteiger partial charge on any atom is -0.313 e. The van der Waals surface area contributed by atoms with Crippen LogP contribution in [-0.4, -0.2) is 18.8 Å². The number of halogens is 4. The molecule has 1 N–H and O–H groups in total. The summed E-state index contributed by atoms with van der Waals surface area (Å²) >= 11 is 0. The molecule has 3 atom stereocenters. The van der Waals surface area contributed by atoms with E-state index in [-0.39, 0.29) is 11.0 Å². The summed E-state index contributed by atoms with van der Waals surface area (Å²) in [6, 6.07) is 13.3. The summed E-state index contributed by atoms with van der Waals surface area (Å²) < 4.78 is 54.0. The molecule has 3 unspecified atom stereocenters. The van der Waals surface area contributed by atoms with Crippen molar-refractivity contribution in [2.45, 2.75) is 62.8 Å². The first-order chi connectivity index (χ1) is 13.1. The molecule has 1 heterocycles. The summed E-state index contributed by atoms with van der Waals surface area (Å²) in [5.41, 5.74) is 0.582. The van der Waals surface area contributed by atoms with Gasteiger partial charge in [0.25, 0.3) is 0 Å². The summed E-state index contributed by atoms with van der Waals surface area (Å²) in [7, 11) is 0. The van der Waals surface area contributed by atoms with Crippen molar-refractivity contribution in [3.05, 3.63) is 70.3 Å². The Hall–Kier alpha value is -1.88. The van der Waals surface area contributed by atoms with Crippen LogP contribution in [0.2, 0.25) is 0 Å². The van der Waals surface area contributed by atoms with Crippen LogP contribution in [-0.2, 0) is 23.9 Å². The number of rotatable bonds is 3. The van der Waals surface area contributed by atoms with Gasteiger partial charge in [-0.05, 0) is 68.3 Å². The van der Waals surface area contributed by atoms with Crippen molar-refractivity contribution >= 4 is 0 Å². The Kier molecular flexibility index (Phi) is 4.57. The van der Waals surface area contributed by atoms with E-state index in [9.17, 15) is 17.6 Å². The first kappa shape index (κ1) is 19.4. The Morgan fingerprint density at radius 2 is 1.79 bits per heavy atom. The number of aryl methyl sites for hydroxylation is 2. The van der Waals surface area contributed by atoms with Gasteiger partial charge in [0.1, 0.15) is 0 Å². The molecule has 1 fully saturated rings. The second-order valence-corrected chi connectivity index (χ2v) is 8.49. The molecule has 2 aromatic rings. The Bertz CT molecular complexity index is 869. The molecule has 1 aliphatic carbocycles. The van der Waals surface area contributed by atoms with E-state index < -0.39 is 11.8 Å². The van der Waals surface area contributed by atoms with E-state index in [1.165, 1.54) is 23.3 Å². The van der Waals surface area contributed by atoms with Gasteiger partial charge in [0.05, 0.1) is 0 Å². The molecule has 0 spiro atoms. The second kappa shape index (κ2) is 6.58. The normalized spacial score (nSPS) is 26.4. The summed E-state index contributed by atoms with van der Waals surface area (Å²) in [6.45, 7) is 3.55. The largest absolute Gasteiger partial charge is 0.426 e. The SMILES string of the molecule is Cc1ccc(CC23CCNC2CCc2cc(C(C)(F)C(F)(F)F)ccc23)cc1. The van der Waals surface area contributed by atoms with Gasteiger partial charge in [-0.15, -0.1) is 0 Å². The van der Waals surface area contributed by atoms with E-state index >= 15 is 0 Å². The smallest absolute Gasteiger partial charge is 0.313 e. The third-order valence-electron chi connectivity index (χ3n) is 6.69. The van der Waals surface area contributed by atoms with Crippen LogP contribution in [0.3, 0.4) is 0 Å². The number of hydrogen-bond donors (Lipinski definition) is 1. The van der Waals surface area contributed by atoms with Crippen LogP contribution in [0.4, 0.5) is 17.6 Å². The second-order valence-electron chi connectivity index (χ2n) is 8.49. The molecule has 5 heteroatoms. The van der Waals surface area contributed by atoms with E-state index in [0.717, 1.165) is 36.9 Å². The third kappa shape index (κ3) is 3.04. The van der Waals surface area contributed by atoms with Crippen LogP contribution in [0.15, 0.2) is 42.5 Å². The van der Waals surface area contributed by atoms with Crippen molar-refractivity contribution in [1.29, 1.82) is 0 Å². The zero-order valence-corrected chi connectivity index (χ0v) is 16.2. The van der Waals surface area contributed by atoms with E-state index in [4.69, 9.17) is 0 Å². The molecule has 28 heavy (non-hydrogen) atoms.